The van der Waals surface area contributed by atoms with Gasteiger partial charge in [-0.3, -0.25) is 0 Å². The smallest absolute Gasteiger partial charge is 0.125 e. The molecule has 4 aromatic rings. The normalized spacial score (nSPS) is 13.7. The molecular weight excluding hydrogens is 346 g/mol. The Morgan fingerprint density at radius 2 is 1.52 bits per heavy atom. The highest BCUT2D eigenvalue weighted by Gasteiger charge is 2.24. The van der Waals surface area contributed by atoms with E-state index in [1.54, 1.807) is 10.4 Å². The monoisotopic (exact) mass is 369 g/mol. The van der Waals surface area contributed by atoms with Gasteiger partial charge >= 0.3 is 0 Å². The van der Waals surface area contributed by atoms with E-state index in [0.29, 0.717) is 0 Å². The summed E-state index contributed by atoms with van der Waals surface area (Å²) in [5.41, 5.74) is 8.07. The van der Waals surface area contributed by atoms with Gasteiger partial charge < -0.3 is 0 Å². The highest BCUT2D eigenvalue weighted by atomic mass is 32.1. The summed E-state index contributed by atoms with van der Waals surface area (Å²) >= 11 is 1.93. The second kappa shape index (κ2) is 6.94. The van der Waals surface area contributed by atoms with Gasteiger partial charge in [0, 0.05) is 15.8 Å². The van der Waals surface area contributed by atoms with E-state index < -0.39 is 0 Å². The van der Waals surface area contributed by atoms with Gasteiger partial charge in [-0.15, -0.1) is 11.3 Å². The molecule has 0 bridgehead atoms. The van der Waals surface area contributed by atoms with Crippen LogP contribution < -0.4 is 0 Å². The van der Waals surface area contributed by atoms with Crippen molar-refractivity contribution in [2.45, 2.75) is 39.0 Å². The molecule has 1 nitrogen and oxygen atoms in total. The van der Waals surface area contributed by atoms with E-state index in [1.807, 2.05) is 11.3 Å². The van der Waals surface area contributed by atoms with Crippen LogP contribution in [0.3, 0.4) is 0 Å². The second-order valence-corrected chi connectivity index (χ2v) is 8.37. The minimum Gasteiger partial charge on any atom is -0.237 e. The van der Waals surface area contributed by atoms with Gasteiger partial charge in [-0.2, -0.15) is 0 Å². The molecule has 0 saturated carbocycles. The number of fused-ring (bicyclic) bond motifs is 3. The van der Waals surface area contributed by atoms with Gasteiger partial charge in [0.05, 0.1) is 5.69 Å². The Morgan fingerprint density at radius 3 is 2.22 bits per heavy atom. The lowest BCUT2D eigenvalue weighted by Gasteiger charge is -2.17. The Kier molecular flexibility index (Phi) is 4.29. The number of nitrogens with zero attached hydrogens (tertiary/aromatic N) is 1. The van der Waals surface area contributed by atoms with Crippen LogP contribution >= 0.6 is 11.3 Å². The highest BCUT2D eigenvalue weighted by Crippen LogP contribution is 2.44. The number of benzene rings is 2. The predicted molar refractivity (Wildman–Crippen MR) is 117 cm³/mol. The largest absolute Gasteiger partial charge is 0.237 e. The summed E-state index contributed by atoms with van der Waals surface area (Å²) in [7, 11) is 0. The lowest BCUT2D eigenvalue weighted by Crippen LogP contribution is -2.01. The van der Waals surface area contributed by atoms with Crippen molar-refractivity contribution >= 4 is 21.6 Å². The standard InChI is InChI=1S/C25H23NS/c1-2-19-22(17-11-5-3-6-12-17)23-20-15-9-10-16-21(20)27-25(23)26-24(19)18-13-7-4-8-14-18/h3-8,11-14H,2,9-10,15-16H2,1H3. The summed E-state index contributed by atoms with van der Waals surface area (Å²) in [4.78, 5) is 8.01. The molecule has 5 rings (SSSR count). The highest BCUT2D eigenvalue weighted by molar-refractivity contribution is 7.19. The molecule has 0 spiro atoms. The number of aryl methyl sites for hydroxylation is 2. The van der Waals surface area contributed by atoms with Crippen molar-refractivity contribution < 1.29 is 0 Å². The van der Waals surface area contributed by atoms with Gasteiger partial charge in [-0.05, 0) is 54.4 Å². The first kappa shape index (κ1) is 16.7. The minimum absolute atomic E-state index is 0.988. The molecule has 2 heterocycles. The first-order valence-corrected chi connectivity index (χ1v) is 10.8. The molecule has 0 aliphatic heterocycles. The van der Waals surface area contributed by atoms with Crippen LogP contribution in [0.25, 0.3) is 32.6 Å². The summed E-state index contributed by atoms with van der Waals surface area (Å²) in [6.45, 7) is 2.26. The van der Waals surface area contributed by atoms with E-state index in [4.69, 9.17) is 4.98 Å². The van der Waals surface area contributed by atoms with E-state index in [9.17, 15) is 0 Å². The Morgan fingerprint density at radius 1 is 0.852 bits per heavy atom. The van der Waals surface area contributed by atoms with Crippen molar-refractivity contribution in [3.8, 4) is 22.4 Å². The SMILES string of the molecule is CCc1c(-c2ccccc2)nc2sc3c(c2c1-c1ccccc1)CCCC3. The van der Waals surface area contributed by atoms with Gasteiger partial charge in [0.15, 0.2) is 0 Å². The number of hydrogen-bond donors (Lipinski definition) is 0. The lowest BCUT2D eigenvalue weighted by molar-refractivity contribution is 0.700. The molecule has 0 saturated heterocycles. The molecule has 0 N–H and O–H groups in total. The topological polar surface area (TPSA) is 12.9 Å². The van der Waals surface area contributed by atoms with Crippen molar-refractivity contribution in [1.82, 2.24) is 4.98 Å². The molecule has 0 amide bonds. The van der Waals surface area contributed by atoms with Crippen LogP contribution in [-0.2, 0) is 19.3 Å². The van der Waals surface area contributed by atoms with Gasteiger partial charge in [-0.1, -0.05) is 67.6 Å². The molecule has 0 radical (unpaired) electrons. The minimum atomic E-state index is 0.988. The first-order valence-electron chi connectivity index (χ1n) is 9.94. The van der Waals surface area contributed by atoms with Gasteiger partial charge in [0.2, 0.25) is 0 Å². The maximum absolute atomic E-state index is 5.23. The van der Waals surface area contributed by atoms with Gasteiger partial charge in [0.25, 0.3) is 0 Å². The third-order valence-electron chi connectivity index (χ3n) is 5.67. The molecule has 2 aromatic carbocycles. The van der Waals surface area contributed by atoms with Crippen LogP contribution in [0.2, 0.25) is 0 Å². The van der Waals surface area contributed by atoms with E-state index >= 15 is 0 Å². The van der Waals surface area contributed by atoms with Crippen molar-refractivity contribution in [3.05, 3.63) is 76.7 Å². The van der Waals surface area contributed by atoms with Crippen LogP contribution in [0.15, 0.2) is 60.7 Å². The molecule has 0 fully saturated rings. The fraction of sp³-hybridized carbons (Fsp3) is 0.240. The molecule has 2 heteroatoms. The maximum Gasteiger partial charge on any atom is 0.125 e. The third-order valence-corrected chi connectivity index (χ3v) is 6.85. The summed E-state index contributed by atoms with van der Waals surface area (Å²) in [6, 6.07) is 21.6. The number of thiophene rings is 1. The number of pyridine rings is 1. The fourth-order valence-electron chi connectivity index (χ4n) is 4.43. The zero-order valence-corrected chi connectivity index (χ0v) is 16.5. The molecule has 2 aromatic heterocycles. The Labute approximate surface area is 164 Å². The van der Waals surface area contributed by atoms with Crippen LogP contribution in [0.1, 0.15) is 35.8 Å². The summed E-state index contributed by atoms with van der Waals surface area (Å²) < 4.78 is 0. The third kappa shape index (κ3) is 2.80. The quantitative estimate of drug-likeness (QED) is 0.376. The first-order chi connectivity index (χ1) is 13.4. The van der Waals surface area contributed by atoms with E-state index in [0.717, 1.165) is 12.1 Å². The maximum atomic E-state index is 5.23. The summed E-state index contributed by atoms with van der Waals surface area (Å²) in [6.07, 6.45) is 6.01. The Balaban J connectivity index is 1.91. The average Bonchev–Trinajstić information content (AvgIpc) is 3.12. The van der Waals surface area contributed by atoms with E-state index in [1.165, 1.54) is 58.2 Å². The van der Waals surface area contributed by atoms with Crippen molar-refractivity contribution in [2.24, 2.45) is 0 Å². The molecule has 1 aliphatic rings. The Hall–Kier alpha value is -2.45. The predicted octanol–water partition coefficient (Wildman–Crippen LogP) is 7.07. The van der Waals surface area contributed by atoms with Crippen LogP contribution in [0, 0.1) is 0 Å². The fourth-order valence-corrected chi connectivity index (χ4v) is 5.70. The second-order valence-electron chi connectivity index (χ2n) is 7.29. The van der Waals surface area contributed by atoms with Gasteiger partial charge in [-0.25, -0.2) is 4.98 Å². The molecule has 134 valence electrons. The van der Waals surface area contributed by atoms with Crippen LogP contribution in [-0.4, -0.2) is 4.98 Å². The zero-order valence-electron chi connectivity index (χ0n) is 15.7. The number of aromatic nitrogens is 1. The number of hydrogen-bond acceptors (Lipinski definition) is 2. The average molecular weight is 370 g/mol. The summed E-state index contributed by atoms with van der Waals surface area (Å²) in [5, 5.41) is 1.43. The van der Waals surface area contributed by atoms with Crippen molar-refractivity contribution in [2.75, 3.05) is 0 Å². The van der Waals surface area contributed by atoms with Crippen LogP contribution in [0.5, 0.6) is 0 Å². The van der Waals surface area contributed by atoms with Crippen molar-refractivity contribution in [1.29, 1.82) is 0 Å². The van der Waals surface area contributed by atoms with Gasteiger partial charge in [0.1, 0.15) is 4.83 Å². The van der Waals surface area contributed by atoms with Crippen LogP contribution in [0.4, 0.5) is 0 Å². The summed E-state index contributed by atoms with van der Waals surface area (Å²) in [5.74, 6) is 0. The van der Waals surface area contributed by atoms with E-state index in [-0.39, 0.29) is 0 Å². The zero-order chi connectivity index (χ0) is 18.2. The molecule has 0 unspecified atom stereocenters. The Bertz CT molecular complexity index is 1090. The van der Waals surface area contributed by atoms with Crippen molar-refractivity contribution in [3.63, 3.8) is 0 Å². The lowest BCUT2D eigenvalue weighted by atomic mass is 9.88. The van der Waals surface area contributed by atoms with E-state index in [2.05, 4.69) is 67.6 Å². The molecule has 27 heavy (non-hydrogen) atoms. The molecule has 1 aliphatic carbocycles. The molecular formula is C25H23NS. The molecule has 0 atom stereocenters. The number of rotatable bonds is 3.